The Labute approximate surface area is 131 Å². The monoisotopic (exact) mass is 300 g/mol. The molecular weight excluding hydrogens is 276 g/mol. The Kier molecular flexibility index (Phi) is 4.30. The van der Waals surface area contributed by atoms with Crippen molar-refractivity contribution in [2.24, 2.45) is 5.92 Å². The number of piperidine rings is 1. The van der Waals surface area contributed by atoms with E-state index in [1.165, 1.54) is 43.2 Å². The molecule has 5 heteroatoms. The summed E-state index contributed by atoms with van der Waals surface area (Å²) >= 11 is 0. The van der Waals surface area contributed by atoms with Gasteiger partial charge in [0.15, 0.2) is 0 Å². The van der Waals surface area contributed by atoms with Gasteiger partial charge in [0, 0.05) is 12.6 Å². The van der Waals surface area contributed by atoms with Crippen molar-refractivity contribution >= 4 is 0 Å². The summed E-state index contributed by atoms with van der Waals surface area (Å²) in [5.41, 5.74) is 1.47. The first kappa shape index (κ1) is 15.2. The molecule has 1 saturated carbocycles. The Morgan fingerprint density at radius 3 is 2.73 bits per heavy atom. The Morgan fingerprint density at radius 1 is 1.23 bits per heavy atom. The largest absolute Gasteiger partial charge is 0.286 e. The average molecular weight is 300 g/mol. The molecule has 1 aliphatic heterocycles. The molecule has 22 heavy (non-hydrogen) atoms. The number of nitrogens with zero attached hydrogens (tertiary/aromatic N) is 4. The molecule has 1 aromatic rings. The first-order chi connectivity index (χ1) is 10.6. The van der Waals surface area contributed by atoms with Crippen molar-refractivity contribution in [1.82, 2.24) is 14.7 Å². The normalized spacial score (nSPS) is 25.5. The zero-order chi connectivity index (χ0) is 15.7. The Balaban J connectivity index is 1.88. The third-order valence-electron chi connectivity index (χ3n) is 5.42. The highest BCUT2D eigenvalue weighted by Crippen LogP contribution is 2.35. The average Bonchev–Trinajstić information content (AvgIpc) is 2.53. The van der Waals surface area contributed by atoms with Crippen LogP contribution in [0.15, 0.2) is 4.79 Å². The number of hydrogen-bond acceptors (Lipinski definition) is 4. The lowest BCUT2D eigenvalue weighted by molar-refractivity contribution is 0.0312. The second kappa shape index (κ2) is 6.21. The van der Waals surface area contributed by atoms with Gasteiger partial charge in [-0.05, 0) is 51.0 Å². The first-order valence-electron chi connectivity index (χ1n) is 8.34. The number of nitriles is 1. The molecule has 2 heterocycles. The van der Waals surface area contributed by atoms with E-state index >= 15 is 0 Å². The van der Waals surface area contributed by atoms with Gasteiger partial charge in [0.1, 0.15) is 11.6 Å². The minimum Gasteiger partial charge on any atom is -0.281 e. The molecule has 0 bridgehead atoms. The van der Waals surface area contributed by atoms with E-state index in [0.717, 1.165) is 18.2 Å². The van der Waals surface area contributed by atoms with Crippen LogP contribution in [0.3, 0.4) is 0 Å². The first-order valence-corrected chi connectivity index (χ1v) is 8.34. The molecule has 1 aliphatic carbocycles. The molecule has 0 N–H and O–H groups in total. The van der Waals surface area contributed by atoms with Crippen LogP contribution in [0.2, 0.25) is 0 Å². The lowest BCUT2D eigenvalue weighted by atomic mass is 9.78. The van der Waals surface area contributed by atoms with Gasteiger partial charge in [0.25, 0.3) is 5.56 Å². The van der Waals surface area contributed by atoms with E-state index < -0.39 is 0 Å². The van der Waals surface area contributed by atoms with Gasteiger partial charge in [-0.1, -0.05) is 12.8 Å². The van der Waals surface area contributed by atoms with E-state index in [0.29, 0.717) is 18.3 Å². The lowest BCUT2D eigenvalue weighted by Gasteiger charge is -2.44. The maximum absolute atomic E-state index is 12.5. The molecule has 3 rings (SSSR count). The number of aromatic nitrogens is 2. The minimum absolute atomic E-state index is 0.240. The Morgan fingerprint density at radius 2 is 1.95 bits per heavy atom. The molecule has 5 nitrogen and oxygen atoms in total. The molecule has 0 aromatic carbocycles. The fourth-order valence-corrected chi connectivity index (χ4v) is 4.07. The van der Waals surface area contributed by atoms with Crippen molar-refractivity contribution in [3.63, 3.8) is 0 Å². The van der Waals surface area contributed by atoms with Crippen molar-refractivity contribution in [3.05, 3.63) is 27.2 Å². The number of rotatable bonds is 2. The minimum atomic E-state index is -0.247. The van der Waals surface area contributed by atoms with E-state index in [2.05, 4.69) is 10.00 Å². The number of likely N-dealkylation sites (tertiary alicyclic amines) is 1. The molecule has 2 atom stereocenters. The molecule has 2 aliphatic rings. The molecule has 0 amide bonds. The van der Waals surface area contributed by atoms with Crippen molar-refractivity contribution in [3.8, 4) is 6.07 Å². The van der Waals surface area contributed by atoms with Crippen LogP contribution in [0.1, 0.15) is 55.3 Å². The van der Waals surface area contributed by atoms with Crippen LogP contribution >= 0.6 is 0 Å². The van der Waals surface area contributed by atoms with E-state index in [-0.39, 0.29) is 11.1 Å². The Bertz CT molecular complexity index is 656. The van der Waals surface area contributed by atoms with Gasteiger partial charge in [-0.15, -0.1) is 0 Å². The maximum Gasteiger partial charge on any atom is 0.286 e. The van der Waals surface area contributed by atoms with Gasteiger partial charge in [0.2, 0.25) is 0 Å². The smallest absolute Gasteiger partial charge is 0.281 e. The summed E-state index contributed by atoms with van der Waals surface area (Å²) in [4.78, 5) is 14.9. The van der Waals surface area contributed by atoms with Crippen LogP contribution in [0, 0.1) is 31.1 Å². The molecule has 0 radical (unpaired) electrons. The van der Waals surface area contributed by atoms with Crippen molar-refractivity contribution in [2.45, 2.75) is 65.1 Å². The quantitative estimate of drug-likeness (QED) is 0.841. The summed E-state index contributed by atoms with van der Waals surface area (Å²) in [6, 6.07) is 2.63. The zero-order valence-electron chi connectivity index (χ0n) is 13.5. The standard InChI is InChI=1S/C17H24N4O/c1-12-13(2)19-21(17(22)15(12)10-18)11-20-9-5-7-14-6-3-4-8-16(14)20/h14,16H,3-9,11H2,1-2H3/t14-,16-/m0/s1. The molecule has 2 fully saturated rings. The van der Waals surface area contributed by atoms with Crippen LogP contribution in [0.25, 0.3) is 0 Å². The summed E-state index contributed by atoms with van der Waals surface area (Å²) in [5, 5.41) is 13.7. The molecule has 0 unspecified atom stereocenters. The molecular formula is C17H24N4O. The van der Waals surface area contributed by atoms with Crippen molar-refractivity contribution in [2.75, 3.05) is 6.54 Å². The number of aryl methyl sites for hydroxylation is 1. The number of fused-ring (bicyclic) bond motifs is 1. The summed E-state index contributed by atoms with van der Waals surface area (Å²) in [7, 11) is 0. The van der Waals surface area contributed by atoms with E-state index in [1.807, 2.05) is 13.0 Å². The van der Waals surface area contributed by atoms with Gasteiger partial charge in [0.05, 0.1) is 12.4 Å². The van der Waals surface area contributed by atoms with Crippen molar-refractivity contribution in [1.29, 1.82) is 5.26 Å². The SMILES string of the molecule is Cc1nn(CN2CCC[C@@H]3CCCC[C@@H]32)c(=O)c(C#N)c1C. The second-order valence-corrected chi connectivity index (χ2v) is 6.71. The predicted molar refractivity (Wildman–Crippen MR) is 84.4 cm³/mol. The summed E-state index contributed by atoms with van der Waals surface area (Å²) in [5.74, 6) is 0.778. The van der Waals surface area contributed by atoms with Gasteiger partial charge in [-0.3, -0.25) is 9.69 Å². The van der Waals surface area contributed by atoms with Crippen LogP contribution < -0.4 is 5.56 Å². The number of hydrogen-bond donors (Lipinski definition) is 0. The van der Waals surface area contributed by atoms with E-state index in [9.17, 15) is 10.1 Å². The molecule has 118 valence electrons. The van der Waals surface area contributed by atoms with Crippen molar-refractivity contribution < 1.29 is 0 Å². The van der Waals surface area contributed by atoms with Crippen LogP contribution in [-0.4, -0.2) is 27.3 Å². The van der Waals surface area contributed by atoms with Crippen LogP contribution in [-0.2, 0) is 6.67 Å². The van der Waals surface area contributed by atoms with Gasteiger partial charge in [-0.25, -0.2) is 4.68 Å². The van der Waals surface area contributed by atoms with Gasteiger partial charge < -0.3 is 0 Å². The molecule has 1 saturated heterocycles. The van der Waals surface area contributed by atoms with Crippen LogP contribution in [0.5, 0.6) is 0 Å². The summed E-state index contributed by atoms with van der Waals surface area (Å²) < 4.78 is 1.50. The predicted octanol–water partition coefficient (Wildman–Crippen LogP) is 2.34. The van der Waals surface area contributed by atoms with Gasteiger partial charge >= 0.3 is 0 Å². The fourth-order valence-electron chi connectivity index (χ4n) is 4.07. The van der Waals surface area contributed by atoms with Gasteiger partial charge in [-0.2, -0.15) is 10.4 Å². The maximum atomic E-state index is 12.5. The molecule has 0 spiro atoms. The third-order valence-corrected chi connectivity index (χ3v) is 5.42. The highest BCUT2D eigenvalue weighted by molar-refractivity contribution is 5.36. The fraction of sp³-hybridized carbons (Fsp3) is 0.706. The van der Waals surface area contributed by atoms with E-state index in [1.54, 1.807) is 6.92 Å². The topological polar surface area (TPSA) is 61.9 Å². The third kappa shape index (κ3) is 2.68. The molecule has 1 aromatic heterocycles. The van der Waals surface area contributed by atoms with E-state index in [4.69, 9.17) is 0 Å². The highest BCUT2D eigenvalue weighted by Gasteiger charge is 2.33. The second-order valence-electron chi connectivity index (χ2n) is 6.71. The summed E-state index contributed by atoms with van der Waals surface area (Å²) in [6.45, 7) is 5.22. The summed E-state index contributed by atoms with van der Waals surface area (Å²) in [6.07, 6.45) is 7.70. The highest BCUT2D eigenvalue weighted by atomic mass is 16.1. The zero-order valence-corrected chi connectivity index (χ0v) is 13.5. The Hall–Kier alpha value is -1.67. The lowest BCUT2D eigenvalue weighted by Crippen LogP contribution is -2.49. The van der Waals surface area contributed by atoms with Crippen LogP contribution in [0.4, 0.5) is 0 Å².